The molecule has 0 saturated carbocycles. The molecule has 0 radical (unpaired) electrons. The summed E-state index contributed by atoms with van der Waals surface area (Å²) >= 11 is 0. The zero-order chi connectivity index (χ0) is 21.8. The maximum Gasteiger partial charge on any atom is 0.257 e. The van der Waals surface area contributed by atoms with Gasteiger partial charge in [-0.25, -0.2) is 9.37 Å². The Morgan fingerprint density at radius 3 is 2.71 bits per heavy atom. The van der Waals surface area contributed by atoms with Gasteiger partial charge >= 0.3 is 0 Å². The number of rotatable bonds is 7. The van der Waals surface area contributed by atoms with E-state index in [4.69, 9.17) is 9.47 Å². The lowest BCUT2D eigenvalue weighted by Crippen LogP contribution is -2.44. The molecule has 1 aromatic heterocycles. The van der Waals surface area contributed by atoms with Gasteiger partial charge in [0.05, 0.1) is 12.7 Å². The molecule has 0 unspecified atom stereocenters. The first kappa shape index (κ1) is 21.6. The van der Waals surface area contributed by atoms with Gasteiger partial charge in [0.25, 0.3) is 5.91 Å². The average Bonchev–Trinajstić information content (AvgIpc) is 3.41. The van der Waals surface area contributed by atoms with Gasteiger partial charge in [-0.3, -0.25) is 9.69 Å². The van der Waals surface area contributed by atoms with Crippen molar-refractivity contribution < 1.29 is 18.7 Å². The van der Waals surface area contributed by atoms with E-state index in [0.29, 0.717) is 24.2 Å². The van der Waals surface area contributed by atoms with Gasteiger partial charge in [0, 0.05) is 49.1 Å². The van der Waals surface area contributed by atoms with Crippen molar-refractivity contribution in [1.82, 2.24) is 14.8 Å². The molecule has 2 fully saturated rings. The Kier molecular flexibility index (Phi) is 6.70. The summed E-state index contributed by atoms with van der Waals surface area (Å²) in [5.41, 5.74) is 0.956. The Labute approximate surface area is 183 Å². The lowest BCUT2D eigenvalue weighted by atomic mass is 10.1. The predicted molar refractivity (Wildman–Crippen MR) is 116 cm³/mol. The number of halogens is 1. The van der Waals surface area contributed by atoms with Crippen LogP contribution in [-0.4, -0.2) is 59.5 Å². The van der Waals surface area contributed by atoms with Crippen molar-refractivity contribution in [2.24, 2.45) is 0 Å². The number of methoxy groups -OCH3 is 1. The van der Waals surface area contributed by atoms with Crippen LogP contribution < -0.4 is 9.47 Å². The van der Waals surface area contributed by atoms with E-state index in [1.54, 1.807) is 25.4 Å². The summed E-state index contributed by atoms with van der Waals surface area (Å²) in [5.74, 6) is 0.138. The summed E-state index contributed by atoms with van der Waals surface area (Å²) in [4.78, 5) is 21.5. The van der Waals surface area contributed by atoms with Crippen LogP contribution >= 0.6 is 0 Å². The summed E-state index contributed by atoms with van der Waals surface area (Å²) in [6.07, 6.45) is 6.03. The molecule has 0 N–H and O–H groups in total. The van der Waals surface area contributed by atoms with Crippen molar-refractivity contribution in [3.63, 3.8) is 0 Å². The molecule has 0 bridgehead atoms. The zero-order valence-corrected chi connectivity index (χ0v) is 18.2. The smallest absolute Gasteiger partial charge is 0.257 e. The van der Waals surface area contributed by atoms with Crippen LogP contribution in [-0.2, 0) is 6.61 Å². The number of hydrogen-bond donors (Lipinski definition) is 0. The van der Waals surface area contributed by atoms with Crippen molar-refractivity contribution in [2.75, 3.05) is 26.7 Å². The minimum absolute atomic E-state index is 0.111. The largest absolute Gasteiger partial charge is 0.489 e. The molecule has 2 aliphatic heterocycles. The molecule has 2 saturated heterocycles. The van der Waals surface area contributed by atoms with E-state index >= 15 is 0 Å². The Morgan fingerprint density at radius 2 is 2.03 bits per heavy atom. The molecule has 1 aromatic carbocycles. The Hall–Kier alpha value is -2.67. The minimum Gasteiger partial charge on any atom is -0.489 e. The van der Waals surface area contributed by atoms with Crippen LogP contribution in [0.4, 0.5) is 4.39 Å². The summed E-state index contributed by atoms with van der Waals surface area (Å²) in [6, 6.07) is 8.79. The third-order valence-electron chi connectivity index (χ3n) is 6.36. The van der Waals surface area contributed by atoms with Crippen LogP contribution in [0.5, 0.6) is 11.6 Å². The second kappa shape index (κ2) is 9.64. The molecule has 4 rings (SSSR count). The molecule has 3 heterocycles. The molecule has 2 aromatic rings. The van der Waals surface area contributed by atoms with Gasteiger partial charge in [-0.15, -0.1) is 0 Å². The maximum absolute atomic E-state index is 14.8. The van der Waals surface area contributed by atoms with E-state index in [0.717, 1.165) is 31.5 Å². The number of amides is 1. The predicted octanol–water partition coefficient (Wildman–Crippen LogP) is 3.90. The fraction of sp³-hybridized carbons (Fsp3) is 0.500. The van der Waals surface area contributed by atoms with Gasteiger partial charge < -0.3 is 14.4 Å². The van der Waals surface area contributed by atoms with Crippen molar-refractivity contribution in [2.45, 2.75) is 51.3 Å². The molecule has 0 spiro atoms. The standard InChI is InChI=1S/C24H30FN3O3/c1-17-5-3-11-27(17)15-19-6-4-12-28(19)24(29)21-9-8-20(13-22(21)25)31-16-18-7-10-23(30-2)26-14-18/h7-10,13-14,17,19H,3-6,11-12,15-16H2,1-2H3/t17-,19+/m1/s1. The fourth-order valence-electron chi connectivity index (χ4n) is 4.53. The normalized spacial score (nSPS) is 21.5. The number of carbonyl (C=O) groups is 1. The SMILES string of the molecule is COc1ccc(COc2ccc(C(=O)N3CCC[C@H]3CN3CCC[C@H]3C)c(F)c2)cn1. The molecular weight excluding hydrogens is 397 g/mol. The van der Waals surface area contributed by atoms with Gasteiger partial charge in [0.15, 0.2) is 0 Å². The number of aromatic nitrogens is 1. The summed E-state index contributed by atoms with van der Waals surface area (Å²) in [6.45, 7) is 5.16. The second-order valence-corrected chi connectivity index (χ2v) is 8.42. The lowest BCUT2D eigenvalue weighted by Gasteiger charge is -2.31. The molecule has 2 atom stereocenters. The lowest BCUT2D eigenvalue weighted by molar-refractivity contribution is 0.0692. The molecular formula is C24H30FN3O3. The highest BCUT2D eigenvalue weighted by Gasteiger charge is 2.33. The van der Waals surface area contributed by atoms with Crippen LogP contribution in [0.25, 0.3) is 0 Å². The van der Waals surface area contributed by atoms with Crippen molar-refractivity contribution in [3.8, 4) is 11.6 Å². The zero-order valence-electron chi connectivity index (χ0n) is 18.2. The van der Waals surface area contributed by atoms with Gasteiger partial charge in [0.2, 0.25) is 5.88 Å². The third kappa shape index (κ3) is 4.98. The quantitative estimate of drug-likeness (QED) is 0.671. The van der Waals surface area contributed by atoms with Gasteiger partial charge in [-0.1, -0.05) is 0 Å². The Balaban J connectivity index is 1.38. The van der Waals surface area contributed by atoms with Crippen molar-refractivity contribution >= 4 is 5.91 Å². The highest BCUT2D eigenvalue weighted by atomic mass is 19.1. The van der Waals surface area contributed by atoms with Crippen LogP contribution in [0, 0.1) is 5.82 Å². The highest BCUT2D eigenvalue weighted by molar-refractivity contribution is 5.95. The molecule has 166 valence electrons. The number of ether oxygens (including phenoxy) is 2. The number of carbonyl (C=O) groups excluding carboxylic acids is 1. The van der Waals surface area contributed by atoms with Gasteiger partial charge in [-0.05, 0) is 57.4 Å². The van der Waals surface area contributed by atoms with E-state index in [1.807, 2.05) is 11.0 Å². The maximum atomic E-state index is 14.8. The summed E-state index contributed by atoms with van der Waals surface area (Å²) in [5, 5.41) is 0. The van der Waals surface area contributed by atoms with Crippen LogP contribution in [0.1, 0.15) is 48.5 Å². The summed E-state index contributed by atoms with van der Waals surface area (Å²) < 4.78 is 25.5. The molecule has 2 aliphatic rings. The third-order valence-corrected chi connectivity index (χ3v) is 6.36. The van der Waals surface area contributed by atoms with E-state index < -0.39 is 5.82 Å². The first-order valence-corrected chi connectivity index (χ1v) is 11.0. The second-order valence-electron chi connectivity index (χ2n) is 8.42. The fourth-order valence-corrected chi connectivity index (χ4v) is 4.53. The van der Waals surface area contributed by atoms with Crippen LogP contribution in [0.3, 0.4) is 0 Å². The van der Waals surface area contributed by atoms with Gasteiger partial charge in [0.1, 0.15) is 18.2 Å². The number of benzene rings is 1. The van der Waals surface area contributed by atoms with E-state index in [9.17, 15) is 9.18 Å². The molecule has 0 aliphatic carbocycles. The topological polar surface area (TPSA) is 54.9 Å². The van der Waals surface area contributed by atoms with Crippen LogP contribution in [0.2, 0.25) is 0 Å². The monoisotopic (exact) mass is 427 g/mol. The minimum atomic E-state index is -0.546. The average molecular weight is 428 g/mol. The van der Waals surface area contributed by atoms with E-state index in [-0.39, 0.29) is 24.1 Å². The number of nitrogens with zero attached hydrogens (tertiary/aromatic N) is 3. The van der Waals surface area contributed by atoms with E-state index in [1.165, 1.54) is 25.0 Å². The molecule has 31 heavy (non-hydrogen) atoms. The summed E-state index contributed by atoms with van der Waals surface area (Å²) in [7, 11) is 1.56. The van der Waals surface area contributed by atoms with Crippen LogP contribution in [0.15, 0.2) is 36.5 Å². The number of likely N-dealkylation sites (tertiary alicyclic amines) is 2. The van der Waals surface area contributed by atoms with Crippen molar-refractivity contribution in [3.05, 3.63) is 53.5 Å². The Bertz CT molecular complexity index is 905. The van der Waals surface area contributed by atoms with E-state index in [2.05, 4.69) is 16.8 Å². The number of pyridine rings is 1. The Morgan fingerprint density at radius 1 is 1.19 bits per heavy atom. The molecule has 1 amide bonds. The first-order chi connectivity index (χ1) is 15.0. The number of hydrogen-bond acceptors (Lipinski definition) is 5. The van der Waals surface area contributed by atoms with Gasteiger partial charge in [-0.2, -0.15) is 0 Å². The van der Waals surface area contributed by atoms with Crippen molar-refractivity contribution in [1.29, 1.82) is 0 Å². The first-order valence-electron chi connectivity index (χ1n) is 11.0. The molecule has 7 heteroatoms. The molecule has 6 nitrogen and oxygen atoms in total. The highest BCUT2D eigenvalue weighted by Crippen LogP contribution is 2.26.